The summed E-state index contributed by atoms with van der Waals surface area (Å²) >= 11 is 0. The van der Waals surface area contributed by atoms with Gasteiger partial charge in [-0.3, -0.25) is 9.52 Å². The maximum atomic E-state index is 11.8. The summed E-state index contributed by atoms with van der Waals surface area (Å²) in [4.78, 5) is 11.8. The zero-order chi connectivity index (χ0) is 18.5. The van der Waals surface area contributed by atoms with Crippen molar-refractivity contribution in [3.05, 3.63) is 36.4 Å². The maximum absolute atomic E-state index is 11.8. The van der Waals surface area contributed by atoms with Crippen molar-refractivity contribution in [1.29, 1.82) is 0 Å². The lowest BCUT2D eigenvalue weighted by Gasteiger charge is -2.06. The highest BCUT2D eigenvalue weighted by Gasteiger charge is 2.02. The number of unbranched alkanes of at least 4 members (excludes halogenated alkanes) is 7. The van der Waals surface area contributed by atoms with Crippen molar-refractivity contribution in [1.82, 2.24) is 0 Å². The monoisotopic (exact) mass is 366 g/mol. The molecule has 25 heavy (non-hydrogen) atoms. The fraction of sp³-hybridized carbons (Fsp3) is 0.526. The standard InChI is InChI=1S/C19H30N2O3S/c1-3-4-5-6-7-8-9-10-11-12-19(22)20-17-13-15-18(16-14-17)21-25(2,23)24/h11-16,21H,3-10H2,1-2H3,(H,20,22)/b12-11-. The summed E-state index contributed by atoms with van der Waals surface area (Å²) in [5.41, 5.74) is 1.10. The molecular formula is C19H30N2O3S. The number of anilines is 2. The van der Waals surface area contributed by atoms with Gasteiger partial charge in [0.2, 0.25) is 15.9 Å². The average molecular weight is 367 g/mol. The van der Waals surface area contributed by atoms with Gasteiger partial charge in [-0.15, -0.1) is 0 Å². The van der Waals surface area contributed by atoms with Crippen LogP contribution in [-0.4, -0.2) is 20.6 Å². The van der Waals surface area contributed by atoms with E-state index in [0.29, 0.717) is 11.4 Å². The van der Waals surface area contributed by atoms with Crippen LogP contribution in [0.3, 0.4) is 0 Å². The first-order valence-electron chi connectivity index (χ1n) is 8.96. The SMILES string of the molecule is CCCCCCCCC/C=C\C(=O)Nc1ccc(NS(C)(=O)=O)cc1. The first-order valence-corrected chi connectivity index (χ1v) is 10.8. The number of hydrogen-bond acceptors (Lipinski definition) is 3. The molecule has 0 fully saturated rings. The fourth-order valence-corrected chi connectivity index (χ4v) is 2.99. The van der Waals surface area contributed by atoms with E-state index in [-0.39, 0.29) is 5.91 Å². The van der Waals surface area contributed by atoms with E-state index in [1.165, 1.54) is 38.5 Å². The molecule has 1 rings (SSSR count). The van der Waals surface area contributed by atoms with Gasteiger partial charge in [-0.1, -0.05) is 51.5 Å². The third-order valence-corrected chi connectivity index (χ3v) is 4.31. The average Bonchev–Trinajstić information content (AvgIpc) is 2.54. The highest BCUT2D eigenvalue weighted by atomic mass is 32.2. The highest BCUT2D eigenvalue weighted by Crippen LogP contribution is 2.14. The van der Waals surface area contributed by atoms with Crippen molar-refractivity contribution in [3.8, 4) is 0 Å². The quantitative estimate of drug-likeness (QED) is 0.416. The van der Waals surface area contributed by atoms with Crippen molar-refractivity contribution < 1.29 is 13.2 Å². The molecule has 6 heteroatoms. The highest BCUT2D eigenvalue weighted by molar-refractivity contribution is 7.92. The second-order valence-corrected chi connectivity index (χ2v) is 8.00. The van der Waals surface area contributed by atoms with Crippen LogP contribution in [0.1, 0.15) is 58.3 Å². The first-order chi connectivity index (χ1) is 11.9. The van der Waals surface area contributed by atoms with Crippen LogP contribution in [0.5, 0.6) is 0 Å². The molecule has 0 aromatic heterocycles. The number of carbonyl (C=O) groups excluding carboxylic acids is 1. The van der Waals surface area contributed by atoms with E-state index in [9.17, 15) is 13.2 Å². The lowest BCUT2D eigenvalue weighted by molar-refractivity contribution is -0.111. The van der Waals surface area contributed by atoms with Crippen molar-refractivity contribution in [2.75, 3.05) is 16.3 Å². The molecule has 0 heterocycles. The normalized spacial score (nSPS) is 11.6. The van der Waals surface area contributed by atoms with Crippen LogP contribution in [0.2, 0.25) is 0 Å². The molecular weight excluding hydrogens is 336 g/mol. The molecule has 0 aliphatic heterocycles. The summed E-state index contributed by atoms with van der Waals surface area (Å²) < 4.78 is 24.6. The molecule has 0 saturated carbocycles. The largest absolute Gasteiger partial charge is 0.323 e. The van der Waals surface area contributed by atoms with Gasteiger partial charge < -0.3 is 5.32 Å². The third-order valence-electron chi connectivity index (χ3n) is 3.70. The smallest absolute Gasteiger partial charge is 0.248 e. The Morgan fingerprint density at radius 3 is 2.12 bits per heavy atom. The van der Waals surface area contributed by atoms with Gasteiger partial charge >= 0.3 is 0 Å². The van der Waals surface area contributed by atoms with Crippen LogP contribution in [-0.2, 0) is 14.8 Å². The summed E-state index contributed by atoms with van der Waals surface area (Å²) in [6, 6.07) is 6.54. The van der Waals surface area contributed by atoms with Crippen LogP contribution >= 0.6 is 0 Å². The van der Waals surface area contributed by atoms with Crippen LogP contribution in [0, 0.1) is 0 Å². The zero-order valence-electron chi connectivity index (χ0n) is 15.3. The van der Waals surface area contributed by atoms with Gasteiger partial charge in [0.15, 0.2) is 0 Å². The van der Waals surface area contributed by atoms with Gasteiger partial charge in [0, 0.05) is 11.4 Å². The van der Waals surface area contributed by atoms with Crippen LogP contribution in [0.15, 0.2) is 36.4 Å². The second kappa shape index (κ2) is 11.7. The van der Waals surface area contributed by atoms with Gasteiger partial charge in [0.25, 0.3) is 0 Å². The predicted molar refractivity (Wildman–Crippen MR) is 105 cm³/mol. The minimum Gasteiger partial charge on any atom is -0.323 e. The summed E-state index contributed by atoms with van der Waals surface area (Å²) in [7, 11) is -3.29. The molecule has 0 unspecified atom stereocenters. The van der Waals surface area contributed by atoms with E-state index in [4.69, 9.17) is 0 Å². The zero-order valence-corrected chi connectivity index (χ0v) is 16.1. The molecule has 2 N–H and O–H groups in total. The molecule has 0 radical (unpaired) electrons. The predicted octanol–water partition coefficient (Wildman–Crippen LogP) is 4.69. The van der Waals surface area contributed by atoms with Crippen LogP contribution in [0.25, 0.3) is 0 Å². The number of amides is 1. The number of hydrogen-bond donors (Lipinski definition) is 2. The molecule has 5 nitrogen and oxygen atoms in total. The second-order valence-electron chi connectivity index (χ2n) is 6.25. The molecule has 1 amide bonds. The number of benzene rings is 1. The Kier molecular flexibility index (Phi) is 9.92. The van der Waals surface area contributed by atoms with E-state index in [0.717, 1.165) is 19.1 Å². The van der Waals surface area contributed by atoms with E-state index in [1.54, 1.807) is 30.3 Å². The van der Waals surface area contributed by atoms with Gasteiger partial charge in [0.05, 0.1) is 6.26 Å². The van der Waals surface area contributed by atoms with Gasteiger partial charge in [-0.05, 0) is 43.2 Å². The molecule has 0 atom stereocenters. The van der Waals surface area contributed by atoms with Crippen molar-refractivity contribution in [3.63, 3.8) is 0 Å². The first kappa shape index (κ1) is 21.2. The van der Waals surface area contributed by atoms with E-state index < -0.39 is 10.0 Å². The summed E-state index contributed by atoms with van der Waals surface area (Å²) in [5, 5.41) is 2.75. The Hall–Kier alpha value is -1.82. The molecule has 1 aromatic rings. The Morgan fingerprint density at radius 2 is 1.52 bits per heavy atom. The van der Waals surface area contributed by atoms with E-state index >= 15 is 0 Å². The summed E-state index contributed by atoms with van der Waals surface area (Å²) in [6.07, 6.45) is 14.3. The van der Waals surface area contributed by atoms with Crippen LogP contribution in [0.4, 0.5) is 11.4 Å². The topological polar surface area (TPSA) is 75.3 Å². The summed E-state index contributed by atoms with van der Waals surface area (Å²) in [6.45, 7) is 2.22. The molecule has 0 spiro atoms. The molecule has 140 valence electrons. The molecule has 0 bridgehead atoms. The lowest BCUT2D eigenvalue weighted by Crippen LogP contribution is -2.10. The third kappa shape index (κ3) is 11.4. The Morgan fingerprint density at radius 1 is 0.960 bits per heavy atom. The number of allylic oxidation sites excluding steroid dienone is 1. The van der Waals surface area contributed by atoms with E-state index in [1.807, 2.05) is 6.08 Å². The van der Waals surface area contributed by atoms with Crippen molar-refractivity contribution in [2.24, 2.45) is 0 Å². The maximum Gasteiger partial charge on any atom is 0.248 e. The number of carbonyl (C=O) groups is 1. The molecule has 0 aliphatic rings. The Balaban J connectivity index is 2.23. The van der Waals surface area contributed by atoms with Gasteiger partial charge in [-0.25, -0.2) is 8.42 Å². The van der Waals surface area contributed by atoms with Gasteiger partial charge in [0.1, 0.15) is 0 Å². The van der Waals surface area contributed by atoms with Gasteiger partial charge in [-0.2, -0.15) is 0 Å². The minimum absolute atomic E-state index is 0.174. The van der Waals surface area contributed by atoms with Crippen molar-refractivity contribution in [2.45, 2.75) is 58.3 Å². The number of nitrogens with one attached hydrogen (secondary N) is 2. The number of rotatable bonds is 12. The van der Waals surface area contributed by atoms with Crippen LogP contribution < -0.4 is 10.0 Å². The Bertz CT molecular complexity index is 637. The van der Waals surface area contributed by atoms with Crippen molar-refractivity contribution >= 4 is 27.3 Å². The summed E-state index contributed by atoms with van der Waals surface area (Å²) in [5.74, 6) is -0.174. The number of sulfonamides is 1. The molecule has 0 aliphatic carbocycles. The molecule has 1 aromatic carbocycles. The Labute approximate surface area is 152 Å². The fourth-order valence-electron chi connectivity index (χ4n) is 2.43. The van der Waals surface area contributed by atoms with E-state index in [2.05, 4.69) is 17.0 Å². The lowest BCUT2D eigenvalue weighted by atomic mass is 10.1. The minimum atomic E-state index is -3.29. The molecule has 0 saturated heterocycles.